The van der Waals surface area contributed by atoms with Gasteiger partial charge in [-0.05, 0) is 77.0 Å². The third kappa shape index (κ3) is 3.79. The van der Waals surface area contributed by atoms with Gasteiger partial charge in [-0.3, -0.25) is 4.90 Å². The van der Waals surface area contributed by atoms with Gasteiger partial charge in [0, 0.05) is 31.8 Å². The Labute approximate surface area is 130 Å². The van der Waals surface area contributed by atoms with E-state index in [4.69, 9.17) is 10.5 Å². The maximum atomic E-state index is 6.20. The van der Waals surface area contributed by atoms with Crippen LogP contribution in [0.1, 0.15) is 44.9 Å². The standard InChI is InChI=1S/C17H33N3O/c18-15-17(6-3-12-21-13-7-17)20-10-4-16(5-11-20)14-19-8-1-2-9-19/h16H,1-15,18H2. The third-order valence-corrected chi connectivity index (χ3v) is 6.02. The van der Waals surface area contributed by atoms with Gasteiger partial charge in [0.25, 0.3) is 0 Å². The average Bonchev–Trinajstić information content (AvgIpc) is 2.90. The summed E-state index contributed by atoms with van der Waals surface area (Å²) in [6.45, 7) is 9.12. The van der Waals surface area contributed by atoms with Crippen molar-refractivity contribution in [3.63, 3.8) is 0 Å². The van der Waals surface area contributed by atoms with E-state index in [0.29, 0.717) is 0 Å². The zero-order valence-electron chi connectivity index (χ0n) is 13.6. The van der Waals surface area contributed by atoms with Crippen LogP contribution in [0.3, 0.4) is 0 Å². The van der Waals surface area contributed by atoms with E-state index in [9.17, 15) is 0 Å². The third-order valence-electron chi connectivity index (χ3n) is 6.02. The highest BCUT2D eigenvalue weighted by Crippen LogP contribution is 2.32. The van der Waals surface area contributed by atoms with E-state index in [1.54, 1.807) is 0 Å². The number of ether oxygens (including phenoxy) is 1. The zero-order valence-corrected chi connectivity index (χ0v) is 13.6. The lowest BCUT2D eigenvalue weighted by molar-refractivity contribution is 0.0320. The molecule has 4 heteroatoms. The lowest BCUT2D eigenvalue weighted by Crippen LogP contribution is -2.57. The van der Waals surface area contributed by atoms with Gasteiger partial charge in [-0.15, -0.1) is 0 Å². The first-order valence-corrected chi connectivity index (χ1v) is 9.08. The predicted octanol–water partition coefficient (Wildman–Crippen LogP) is 1.69. The summed E-state index contributed by atoms with van der Waals surface area (Å²) in [6, 6.07) is 0. The van der Waals surface area contributed by atoms with Crippen molar-refractivity contribution in [3.8, 4) is 0 Å². The number of hydrogen-bond donors (Lipinski definition) is 1. The van der Waals surface area contributed by atoms with Crippen molar-refractivity contribution in [3.05, 3.63) is 0 Å². The van der Waals surface area contributed by atoms with E-state index in [0.717, 1.165) is 32.1 Å². The van der Waals surface area contributed by atoms with E-state index in [2.05, 4.69) is 9.80 Å². The van der Waals surface area contributed by atoms with Crippen molar-refractivity contribution in [2.24, 2.45) is 11.7 Å². The number of hydrogen-bond acceptors (Lipinski definition) is 4. The predicted molar refractivity (Wildman–Crippen MR) is 86.4 cm³/mol. The number of nitrogens with zero attached hydrogens (tertiary/aromatic N) is 2. The molecule has 3 heterocycles. The molecule has 3 saturated heterocycles. The molecular formula is C17H33N3O. The van der Waals surface area contributed by atoms with Crippen LogP contribution in [-0.2, 0) is 4.74 Å². The molecule has 0 aromatic carbocycles. The van der Waals surface area contributed by atoms with Crippen LogP contribution in [0.5, 0.6) is 0 Å². The molecule has 0 bridgehead atoms. The highest BCUT2D eigenvalue weighted by molar-refractivity contribution is 4.95. The van der Waals surface area contributed by atoms with Crippen molar-refractivity contribution in [2.75, 3.05) is 52.5 Å². The van der Waals surface area contributed by atoms with Gasteiger partial charge in [0.1, 0.15) is 0 Å². The van der Waals surface area contributed by atoms with Gasteiger partial charge in [0.05, 0.1) is 0 Å². The lowest BCUT2D eigenvalue weighted by Gasteiger charge is -2.46. The van der Waals surface area contributed by atoms with Crippen LogP contribution in [-0.4, -0.2) is 67.8 Å². The first-order chi connectivity index (χ1) is 10.3. The molecule has 0 amide bonds. The van der Waals surface area contributed by atoms with Gasteiger partial charge in [-0.2, -0.15) is 0 Å². The van der Waals surface area contributed by atoms with Crippen LogP contribution >= 0.6 is 0 Å². The van der Waals surface area contributed by atoms with Gasteiger partial charge >= 0.3 is 0 Å². The van der Waals surface area contributed by atoms with Crippen molar-refractivity contribution in [2.45, 2.75) is 50.5 Å². The maximum absolute atomic E-state index is 6.20. The van der Waals surface area contributed by atoms with E-state index < -0.39 is 0 Å². The fourth-order valence-corrected chi connectivity index (χ4v) is 4.56. The van der Waals surface area contributed by atoms with Gasteiger partial charge < -0.3 is 15.4 Å². The van der Waals surface area contributed by atoms with Crippen LogP contribution in [0.15, 0.2) is 0 Å². The molecule has 0 spiro atoms. The Kier molecular flexibility index (Phi) is 5.54. The maximum Gasteiger partial charge on any atom is 0.0484 e. The Hall–Kier alpha value is -0.160. The minimum absolute atomic E-state index is 0.231. The van der Waals surface area contributed by atoms with E-state index in [1.807, 2.05) is 0 Å². The molecule has 0 saturated carbocycles. The summed E-state index contributed by atoms with van der Waals surface area (Å²) in [4.78, 5) is 5.39. The van der Waals surface area contributed by atoms with Crippen molar-refractivity contribution >= 4 is 0 Å². The summed E-state index contributed by atoms with van der Waals surface area (Å²) in [5.74, 6) is 0.913. The second kappa shape index (κ2) is 7.40. The van der Waals surface area contributed by atoms with Crippen LogP contribution in [0, 0.1) is 5.92 Å². The Morgan fingerprint density at radius 2 is 1.71 bits per heavy atom. The smallest absolute Gasteiger partial charge is 0.0484 e. The van der Waals surface area contributed by atoms with Crippen molar-refractivity contribution in [1.82, 2.24) is 9.80 Å². The molecule has 2 N–H and O–H groups in total. The Morgan fingerprint density at radius 3 is 2.43 bits per heavy atom. The number of likely N-dealkylation sites (tertiary alicyclic amines) is 2. The second-order valence-electron chi connectivity index (χ2n) is 7.33. The van der Waals surface area contributed by atoms with Gasteiger partial charge in [-0.1, -0.05) is 0 Å². The molecule has 3 aliphatic rings. The molecule has 0 radical (unpaired) electrons. The summed E-state index contributed by atoms with van der Waals surface area (Å²) in [5.41, 5.74) is 6.43. The number of rotatable bonds is 4. The van der Waals surface area contributed by atoms with Gasteiger partial charge in [0.2, 0.25) is 0 Å². The molecule has 1 atom stereocenters. The molecular weight excluding hydrogens is 262 g/mol. The van der Waals surface area contributed by atoms with Crippen LogP contribution in [0.25, 0.3) is 0 Å². The van der Waals surface area contributed by atoms with Crippen LogP contribution in [0.2, 0.25) is 0 Å². The van der Waals surface area contributed by atoms with Crippen LogP contribution < -0.4 is 5.73 Å². The fraction of sp³-hybridized carbons (Fsp3) is 1.00. The molecule has 21 heavy (non-hydrogen) atoms. The van der Waals surface area contributed by atoms with E-state index in [-0.39, 0.29) is 5.54 Å². The molecule has 122 valence electrons. The van der Waals surface area contributed by atoms with Gasteiger partial charge in [0.15, 0.2) is 0 Å². The normalized spacial score (nSPS) is 34.1. The topological polar surface area (TPSA) is 41.7 Å². The molecule has 3 rings (SSSR count). The van der Waals surface area contributed by atoms with Crippen molar-refractivity contribution in [1.29, 1.82) is 0 Å². The summed E-state index contributed by atoms with van der Waals surface area (Å²) >= 11 is 0. The quantitative estimate of drug-likeness (QED) is 0.857. The fourth-order valence-electron chi connectivity index (χ4n) is 4.56. The molecule has 1 unspecified atom stereocenters. The first kappa shape index (κ1) is 15.7. The van der Waals surface area contributed by atoms with Gasteiger partial charge in [-0.25, -0.2) is 0 Å². The molecule has 0 aromatic rings. The summed E-state index contributed by atoms with van der Waals surface area (Å²) in [7, 11) is 0. The summed E-state index contributed by atoms with van der Waals surface area (Å²) < 4.78 is 5.66. The van der Waals surface area contributed by atoms with E-state index >= 15 is 0 Å². The Bertz CT molecular complexity index is 301. The highest BCUT2D eigenvalue weighted by atomic mass is 16.5. The minimum atomic E-state index is 0.231. The largest absolute Gasteiger partial charge is 0.381 e. The SMILES string of the molecule is NCC1(N2CCC(CN3CCCC3)CC2)CCCOCC1. The molecule has 0 aliphatic carbocycles. The first-order valence-electron chi connectivity index (χ1n) is 9.08. The monoisotopic (exact) mass is 295 g/mol. The van der Waals surface area contributed by atoms with Crippen molar-refractivity contribution < 1.29 is 4.74 Å². The highest BCUT2D eigenvalue weighted by Gasteiger charge is 2.38. The number of piperidine rings is 1. The molecule has 4 nitrogen and oxygen atoms in total. The molecule has 3 fully saturated rings. The summed E-state index contributed by atoms with van der Waals surface area (Å²) in [6.07, 6.45) is 9.06. The minimum Gasteiger partial charge on any atom is -0.381 e. The molecule has 3 aliphatic heterocycles. The average molecular weight is 295 g/mol. The lowest BCUT2D eigenvalue weighted by atomic mass is 9.85. The summed E-state index contributed by atoms with van der Waals surface area (Å²) in [5, 5.41) is 0. The zero-order chi connectivity index (χ0) is 14.5. The van der Waals surface area contributed by atoms with E-state index in [1.165, 1.54) is 71.2 Å². The Morgan fingerprint density at radius 1 is 0.952 bits per heavy atom. The second-order valence-corrected chi connectivity index (χ2v) is 7.33. The van der Waals surface area contributed by atoms with Crippen LogP contribution in [0.4, 0.5) is 0 Å². The Balaban J connectivity index is 1.51. The number of nitrogens with two attached hydrogens (primary N) is 1. The molecule has 0 aromatic heterocycles.